The summed E-state index contributed by atoms with van der Waals surface area (Å²) in [6.07, 6.45) is -1.10. The van der Waals surface area contributed by atoms with Crippen molar-refractivity contribution in [1.82, 2.24) is 0 Å². The first-order chi connectivity index (χ1) is 14.0. The number of fused-ring (bicyclic) bond motifs is 1. The van der Waals surface area contributed by atoms with Crippen LogP contribution in [0.1, 0.15) is 52.1 Å². The topological polar surface area (TPSA) is 95.7 Å². The SMILES string of the molecule is CCOC(=O)C[C@@H]1CC2=C(C(=O)c3ccccc3C2=O)[C@H](c2ccc(N)cc2)O1. The van der Waals surface area contributed by atoms with E-state index in [1.165, 1.54) is 0 Å². The van der Waals surface area contributed by atoms with Crippen molar-refractivity contribution in [1.29, 1.82) is 0 Å². The van der Waals surface area contributed by atoms with E-state index in [4.69, 9.17) is 15.2 Å². The first-order valence-corrected chi connectivity index (χ1v) is 9.57. The average Bonchev–Trinajstić information content (AvgIpc) is 2.72. The largest absolute Gasteiger partial charge is 0.466 e. The summed E-state index contributed by atoms with van der Waals surface area (Å²) in [4.78, 5) is 38.5. The van der Waals surface area contributed by atoms with E-state index in [2.05, 4.69) is 0 Å². The quantitative estimate of drug-likeness (QED) is 0.634. The van der Waals surface area contributed by atoms with Crippen LogP contribution in [0.25, 0.3) is 0 Å². The maximum atomic E-state index is 13.3. The lowest BCUT2D eigenvalue weighted by molar-refractivity contribution is -0.147. The minimum absolute atomic E-state index is 0.0131. The molecule has 2 aromatic carbocycles. The second-order valence-corrected chi connectivity index (χ2v) is 7.11. The maximum absolute atomic E-state index is 13.3. The van der Waals surface area contributed by atoms with Crippen molar-refractivity contribution < 1.29 is 23.9 Å². The zero-order valence-electron chi connectivity index (χ0n) is 16.0. The Bertz CT molecular complexity index is 1020. The Balaban J connectivity index is 1.79. The smallest absolute Gasteiger partial charge is 0.308 e. The molecule has 2 aromatic rings. The number of rotatable bonds is 4. The molecule has 0 radical (unpaired) electrons. The number of Topliss-reactive ketones (excluding diaryl/α,β-unsaturated/α-hetero) is 2. The lowest BCUT2D eigenvalue weighted by atomic mass is 9.77. The van der Waals surface area contributed by atoms with E-state index in [0.29, 0.717) is 33.5 Å². The Hall–Kier alpha value is -3.25. The van der Waals surface area contributed by atoms with Gasteiger partial charge >= 0.3 is 5.97 Å². The molecule has 0 aromatic heterocycles. The average molecular weight is 391 g/mol. The number of nitrogens with two attached hydrogens (primary N) is 1. The lowest BCUT2D eigenvalue weighted by Gasteiger charge is -2.35. The Labute approximate surface area is 168 Å². The fourth-order valence-corrected chi connectivity index (χ4v) is 3.90. The van der Waals surface area contributed by atoms with Crippen molar-refractivity contribution in [2.45, 2.75) is 32.0 Å². The van der Waals surface area contributed by atoms with Gasteiger partial charge in [-0.1, -0.05) is 36.4 Å². The van der Waals surface area contributed by atoms with Gasteiger partial charge in [0.1, 0.15) is 6.10 Å². The molecule has 1 aliphatic heterocycles. The summed E-state index contributed by atoms with van der Waals surface area (Å²) in [6, 6.07) is 13.8. The molecular formula is C23H21NO5. The maximum Gasteiger partial charge on any atom is 0.308 e. The first kappa shape index (κ1) is 19.1. The van der Waals surface area contributed by atoms with Gasteiger partial charge in [-0.25, -0.2) is 0 Å². The van der Waals surface area contributed by atoms with Crippen molar-refractivity contribution in [3.8, 4) is 0 Å². The summed E-state index contributed by atoms with van der Waals surface area (Å²) < 4.78 is 11.2. The molecule has 1 heterocycles. The number of hydrogen-bond acceptors (Lipinski definition) is 6. The van der Waals surface area contributed by atoms with Crippen molar-refractivity contribution in [3.63, 3.8) is 0 Å². The Morgan fingerprint density at radius 3 is 2.38 bits per heavy atom. The number of carbonyl (C=O) groups excluding carboxylic acids is 3. The third kappa shape index (κ3) is 3.47. The summed E-state index contributed by atoms with van der Waals surface area (Å²) in [7, 11) is 0. The summed E-state index contributed by atoms with van der Waals surface area (Å²) >= 11 is 0. The molecule has 6 nitrogen and oxygen atoms in total. The third-order valence-electron chi connectivity index (χ3n) is 5.22. The molecule has 0 amide bonds. The van der Waals surface area contributed by atoms with Crippen LogP contribution in [0, 0.1) is 0 Å². The van der Waals surface area contributed by atoms with Gasteiger partial charge in [0, 0.05) is 34.4 Å². The van der Waals surface area contributed by atoms with Crippen LogP contribution in [0.3, 0.4) is 0 Å². The summed E-state index contributed by atoms with van der Waals surface area (Å²) in [5.41, 5.74) is 8.61. The van der Waals surface area contributed by atoms with Gasteiger partial charge in [0.15, 0.2) is 11.6 Å². The summed E-state index contributed by atoms with van der Waals surface area (Å²) in [6.45, 7) is 2.00. The number of carbonyl (C=O) groups is 3. The molecule has 29 heavy (non-hydrogen) atoms. The van der Waals surface area contributed by atoms with Gasteiger partial charge in [0.05, 0.1) is 19.1 Å². The molecule has 0 unspecified atom stereocenters. The molecule has 0 fully saturated rings. The number of ether oxygens (including phenoxy) is 2. The van der Waals surface area contributed by atoms with E-state index in [1.54, 1.807) is 55.5 Å². The van der Waals surface area contributed by atoms with Crippen molar-refractivity contribution in [2.24, 2.45) is 0 Å². The molecular weight excluding hydrogens is 370 g/mol. The van der Waals surface area contributed by atoms with E-state index in [-0.39, 0.29) is 31.0 Å². The molecule has 4 rings (SSSR count). The van der Waals surface area contributed by atoms with E-state index < -0.39 is 18.2 Å². The number of benzene rings is 2. The number of esters is 1. The van der Waals surface area contributed by atoms with E-state index in [9.17, 15) is 14.4 Å². The van der Waals surface area contributed by atoms with Crippen LogP contribution in [0.2, 0.25) is 0 Å². The van der Waals surface area contributed by atoms with Crippen LogP contribution < -0.4 is 5.73 Å². The highest BCUT2D eigenvalue weighted by Gasteiger charge is 2.42. The van der Waals surface area contributed by atoms with Gasteiger partial charge < -0.3 is 15.2 Å². The molecule has 1 aliphatic carbocycles. The van der Waals surface area contributed by atoms with Crippen LogP contribution in [0.4, 0.5) is 5.69 Å². The van der Waals surface area contributed by atoms with Gasteiger partial charge in [-0.2, -0.15) is 0 Å². The number of ketones is 2. The second-order valence-electron chi connectivity index (χ2n) is 7.11. The highest BCUT2D eigenvalue weighted by molar-refractivity contribution is 6.27. The lowest BCUT2D eigenvalue weighted by Crippen LogP contribution is -2.36. The molecule has 6 heteroatoms. The van der Waals surface area contributed by atoms with E-state index >= 15 is 0 Å². The van der Waals surface area contributed by atoms with E-state index in [1.807, 2.05) is 0 Å². The number of hydrogen-bond donors (Lipinski definition) is 1. The molecule has 2 N–H and O–H groups in total. The minimum Gasteiger partial charge on any atom is -0.466 e. The highest BCUT2D eigenvalue weighted by Crippen LogP contribution is 2.43. The highest BCUT2D eigenvalue weighted by atomic mass is 16.5. The first-order valence-electron chi connectivity index (χ1n) is 9.57. The molecule has 0 spiro atoms. The molecule has 0 bridgehead atoms. The van der Waals surface area contributed by atoms with Crippen LogP contribution >= 0.6 is 0 Å². The van der Waals surface area contributed by atoms with Crippen molar-refractivity contribution in [3.05, 3.63) is 76.4 Å². The van der Waals surface area contributed by atoms with Crippen LogP contribution in [0.5, 0.6) is 0 Å². The zero-order valence-corrected chi connectivity index (χ0v) is 16.0. The van der Waals surface area contributed by atoms with Gasteiger partial charge in [-0.3, -0.25) is 14.4 Å². The molecule has 2 atom stereocenters. The Morgan fingerprint density at radius 1 is 1.07 bits per heavy atom. The standard InChI is InChI=1S/C23H21NO5/c1-2-28-19(25)12-15-11-18-20(23(29-15)13-7-9-14(24)10-8-13)22(27)17-6-4-3-5-16(17)21(18)26/h3-10,15,23H,2,11-12,24H2,1H3/t15-,23-/m0/s1. The monoisotopic (exact) mass is 391 g/mol. The fourth-order valence-electron chi connectivity index (χ4n) is 3.90. The molecule has 0 saturated carbocycles. The van der Waals surface area contributed by atoms with Crippen LogP contribution in [-0.4, -0.2) is 30.2 Å². The third-order valence-corrected chi connectivity index (χ3v) is 5.22. The predicted octanol–water partition coefficient (Wildman–Crippen LogP) is 3.43. The Kier molecular flexibility index (Phi) is 5.03. The number of nitrogen functional groups attached to an aromatic ring is 1. The van der Waals surface area contributed by atoms with Gasteiger partial charge in [0.25, 0.3) is 0 Å². The zero-order chi connectivity index (χ0) is 20.5. The van der Waals surface area contributed by atoms with Crippen LogP contribution in [0.15, 0.2) is 59.7 Å². The molecule has 2 aliphatic rings. The minimum atomic E-state index is -0.747. The van der Waals surface area contributed by atoms with E-state index in [0.717, 1.165) is 0 Å². The van der Waals surface area contributed by atoms with Crippen molar-refractivity contribution >= 4 is 23.2 Å². The Morgan fingerprint density at radius 2 is 1.72 bits per heavy atom. The summed E-state index contributed by atoms with van der Waals surface area (Å²) in [5, 5.41) is 0. The normalized spacial score (nSPS) is 20.9. The molecule has 148 valence electrons. The van der Waals surface area contributed by atoms with Crippen LogP contribution in [-0.2, 0) is 14.3 Å². The molecule has 0 saturated heterocycles. The van der Waals surface area contributed by atoms with Gasteiger partial charge in [0.2, 0.25) is 0 Å². The summed E-state index contributed by atoms with van der Waals surface area (Å²) in [5.74, 6) is -0.799. The van der Waals surface area contributed by atoms with Gasteiger partial charge in [-0.15, -0.1) is 0 Å². The fraction of sp³-hybridized carbons (Fsp3) is 0.261. The predicted molar refractivity (Wildman–Crippen MR) is 106 cm³/mol. The van der Waals surface area contributed by atoms with Crippen molar-refractivity contribution in [2.75, 3.05) is 12.3 Å². The second kappa shape index (κ2) is 7.64. The van der Waals surface area contributed by atoms with Gasteiger partial charge in [-0.05, 0) is 24.6 Å². The number of anilines is 1.